The van der Waals surface area contributed by atoms with Crippen LogP contribution in [0.4, 0.5) is 13.2 Å². The Morgan fingerprint density at radius 1 is 1.26 bits per heavy atom. The van der Waals surface area contributed by atoms with E-state index in [2.05, 4.69) is 5.32 Å². The highest BCUT2D eigenvalue weighted by molar-refractivity contribution is 7.89. The molecule has 23 heavy (non-hydrogen) atoms. The van der Waals surface area contributed by atoms with Crippen LogP contribution in [0.1, 0.15) is 12.0 Å². The molecule has 0 fully saturated rings. The van der Waals surface area contributed by atoms with Crippen molar-refractivity contribution in [3.8, 4) is 0 Å². The van der Waals surface area contributed by atoms with Crippen LogP contribution in [0.5, 0.6) is 0 Å². The van der Waals surface area contributed by atoms with Gasteiger partial charge in [0.2, 0.25) is 15.9 Å². The molecule has 0 spiro atoms. The molecular weight excluding hydrogens is 361 g/mol. The molecule has 0 bridgehead atoms. The lowest BCUT2D eigenvalue weighted by Crippen LogP contribution is -2.32. The van der Waals surface area contributed by atoms with Crippen molar-refractivity contribution in [2.75, 3.05) is 19.7 Å². The van der Waals surface area contributed by atoms with Gasteiger partial charge in [-0.3, -0.25) is 4.79 Å². The quantitative estimate of drug-likeness (QED) is 0.667. The number of amides is 1. The Labute approximate surface area is 135 Å². The Morgan fingerprint density at radius 2 is 1.91 bits per heavy atom. The first kappa shape index (κ1) is 19.7. The van der Waals surface area contributed by atoms with Gasteiger partial charge in [-0.2, -0.15) is 13.2 Å². The van der Waals surface area contributed by atoms with Crippen LogP contribution in [0, 0.1) is 0 Å². The number of aliphatic hydroxyl groups excluding tert-OH is 1. The van der Waals surface area contributed by atoms with Crippen LogP contribution in [0.15, 0.2) is 23.1 Å². The molecule has 0 aliphatic carbocycles. The molecular formula is C12H14ClF3N2O4S. The molecule has 1 aromatic carbocycles. The maximum absolute atomic E-state index is 12.7. The van der Waals surface area contributed by atoms with Crippen LogP contribution < -0.4 is 10.0 Å². The number of nitrogens with one attached hydrogen (secondary N) is 2. The van der Waals surface area contributed by atoms with E-state index in [1.807, 2.05) is 4.72 Å². The third-order valence-electron chi connectivity index (χ3n) is 2.63. The summed E-state index contributed by atoms with van der Waals surface area (Å²) in [5.74, 6) is -0.506. The second-order valence-corrected chi connectivity index (χ2v) is 6.53. The summed E-state index contributed by atoms with van der Waals surface area (Å²) in [5.41, 5.74) is -1.26. The fourth-order valence-electron chi connectivity index (χ4n) is 1.55. The van der Waals surface area contributed by atoms with Crippen LogP contribution in [-0.4, -0.2) is 39.1 Å². The Morgan fingerprint density at radius 3 is 2.48 bits per heavy atom. The molecule has 130 valence electrons. The number of sulfonamides is 1. The van der Waals surface area contributed by atoms with Crippen LogP contribution in [0.25, 0.3) is 0 Å². The SMILES string of the molecule is O=C(CCNS(=O)(=O)c1ccc(Cl)c(C(F)(F)F)c1)NCCO. The Kier molecular flexibility index (Phi) is 6.81. The standard InChI is InChI=1S/C12H14ClF3N2O4S/c13-10-2-1-8(7-9(10)12(14,15)16)23(21,22)18-4-3-11(20)17-5-6-19/h1-2,7,18-19H,3-6H2,(H,17,20). The first-order valence-corrected chi connectivity index (χ1v) is 8.18. The fourth-order valence-corrected chi connectivity index (χ4v) is 2.84. The minimum atomic E-state index is -4.78. The zero-order chi connectivity index (χ0) is 17.7. The Hall–Kier alpha value is -1.36. The fraction of sp³-hybridized carbons (Fsp3) is 0.417. The Bertz CT molecular complexity index is 665. The van der Waals surface area contributed by atoms with Crippen LogP contribution >= 0.6 is 11.6 Å². The van der Waals surface area contributed by atoms with Gasteiger partial charge >= 0.3 is 6.18 Å². The minimum Gasteiger partial charge on any atom is -0.395 e. The van der Waals surface area contributed by atoms with E-state index in [4.69, 9.17) is 16.7 Å². The highest BCUT2D eigenvalue weighted by Gasteiger charge is 2.34. The van der Waals surface area contributed by atoms with Gasteiger partial charge in [0.25, 0.3) is 0 Å². The molecule has 6 nitrogen and oxygen atoms in total. The van der Waals surface area contributed by atoms with Crippen LogP contribution in [0.2, 0.25) is 5.02 Å². The summed E-state index contributed by atoms with van der Waals surface area (Å²) in [6.07, 6.45) is -5.01. The molecule has 0 radical (unpaired) electrons. The zero-order valence-corrected chi connectivity index (χ0v) is 13.2. The topological polar surface area (TPSA) is 95.5 Å². The van der Waals surface area contributed by atoms with Crippen molar-refractivity contribution in [2.24, 2.45) is 0 Å². The lowest BCUT2D eigenvalue weighted by atomic mass is 10.2. The first-order chi connectivity index (χ1) is 10.6. The monoisotopic (exact) mass is 374 g/mol. The van der Waals surface area contributed by atoms with Gasteiger partial charge in [0.1, 0.15) is 0 Å². The number of hydrogen-bond donors (Lipinski definition) is 3. The molecule has 0 aliphatic heterocycles. The number of halogens is 4. The predicted octanol–water partition coefficient (Wildman–Crippen LogP) is 1.14. The second-order valence-electron chi connectivity index (χ2n) is 4.36. The number of benzene rings is 1. The summed E-state index contributed by atoms with van der Waals surface area (Å²) in [4.78, 5) is 10.6. The molecule has 0 saturated heterocycles. The number of carbonyl (C=O) groups excluding carboxylic acids is 1. The van der Waals surface area contributed by atoms with Crippen molar-refractivity contribution >= 4 is 27.5 Å². The Balaban J connectivity index is 2.79. The van der Waals surface area contributed by atoms with E-state index in [1.54, 1.807) is 0 Å². The van der Waals surface area contributed by atoms with E-state index >= 15 is 0 Å². The maximum atomic E-state index is 12.7. The van der Waals surface area contributed by atoms with Crippen LogP contribution in [-0.2, 0) is 21.0 Å². The zero-order valence-electron chi connectivity index (χ0n) is 11.7. The van der Waals surface area contributed by atoms with Crippen molar-refractivity contribution in [1.29, 1.82) is 0 Å². The van der Waals surface area contributed by atoms with E-state index < -0.39 is 37.6 Å². The smallest absolute Gasteiger partial charge is 0.395 e. The van der Waals surface area contributed by atoms with Gasteiger partial charge in [-0.05, 0) is 18.2 Å². The number of hydrogen-bond acceptors (Lipinski definition) is 4. The van der Waals surface area contributed by atoms with Crippen LogP contribution in [0.3, 0.4) is 0 Å². The third kappa shape index (κ3) is 5.98. The van der Waals surface area contributed by atoms with Gasteiger partial charge in [0.05, 0.1) is 22.1 Å². The molecule has 0 unspecified atom stereocenters. The predicted molar refractivity (Wildman–Crippen MR) is 76.4 cm³/mol. The van der Waals surface area contributed by atoms with Gasteiger partial charge < -0.3 is 10.4 Å². The number of aliphatic hydroxyl groups is 1. The second kappa shape index (κ2) is 7.95. The highest BCUT2D eigenvalue weighted by atomic mass is 35.5. The molecule has 0 aliphatic rings. The van der Waals surface area contributed by atoms with Crippen molar-refractivity contribution in [2.45, 2.75) is 17.5 Å². The minimum absolute atomic E-state index is 0.0255. The van der Waals surface area contributed by atoms with Gasteiger partial charge in [-0.15, -0.1) is 0 Å². The number of carbonyl (C=O) groups is 1. The van der Waals surface area contributed by atoms with E-state index in [0.717, 1.165) is 12.1 Å². The summed E-state index contributed by atoms with van der Waals surface area (Å²) in [6, 6.07) is 2.20. The summed E-state index contributed by atoms with van der Waals surface area (Å²) in [6.45, 7) is -0.538. The molecule has 1 aromatic rings. The van der Waals surface area contributed by atoms with E-state index in [-0.39, 0.29) is 26.1 Å². The summed E-state index contributed by atoms with van der Waals surface area (Å²) < 4.78 is 64.0. The van der Waals surface area contributed by atoms with Gasteiger partial charge in [-0.1, -0.05) is 11.6 Å². The maximum Gasteiger partial charge on any atom is 0.417 e. The van der Waals surface area contributed by atoms with E-state index in [0.29, 0.717) is 6.07 Å². The molecule has 0 atom stereocenters. The van der Waals surface area contributed by atoms with Crippen molar-refractivity contribution < 1.29 is 31.5 Å². The van der Waals surface area contributed by atoms with E-state index in [1.165, 1.54) is 0 Å². The largest absolute Gasteiger partial charge is 0.417 e. The molecule has 11 heteroatoms. The lowest BCUT2D eigenvalue weighted by molar-refractivity contribution is -0.137. The number of rotatable bonds is 7. The average Bonchev–Trinajstić information content (AvgIpc) is 2.43. The van der Waals surface area contributed by atoms with Gasteiger partial charge in [0, 0.05) is 19.5 Å². The third-order valence-corrected chi connectivity index (χ3v) is 4.42. The molecule has 0 aromatic heterocycles. The first-order valence-electron chi connectivity index (χ1n) is 6.32. The highest BCUT2D eigenvalue weighted by Crippen LogP contribution is 2.35. The van der Waals surface area contributed by atoms with Crippen molar-refractivity contribution in [3.63, 3.8) is 0 Å². The molecule has 3 N–H and O–H groups in total. The average molecular weight is 375 g/mol. The van der Waals surface area contributed by atoms with E-state index in [9.17, 15) is 26.4 Å². The number of alkyl halides is 3. The molecule has 0 saturated carbocycles. The van der Waals surface area contributed by atoms with Gasteiger partial charge in [-0.25, -0.2) is 13.1 Å². The molecule has 1 rings (SSSR count). The van der Waals surface area contributed by atoms with Crippen molar-refractivity contribution in [3.05, 3.63) is 28.8 Å². The van der Waals surface area contributed by atoms with Crippen molar-refractivity contribution in [1.82, 2.24) is 10.0 Å². The normalized spacial score (nSPS) is 12.2. The summed E-state index contributed by atoms with van der Waals surface area (Å²) in [5, 5.41) is 10.2. The summed E-state index contributed by atoms with van der Waals surface area (Å²) >= 11 is 5.42. The molecule has 1 amide bonds. The van der Waals surface area contributed by atoms with Gasteiger partial charge in [0.15, 0.2) is 0 Å². The lowest BCUT2D eigenvalue weighted by Gasteiger charge is -2.12. The summed E-state index contributed by atoms with van der Waals surface area (Å²) in [7, 11) is -4.21. The molecule has 0 heterocycles.